The fraction of sp³-hybridized carbons (Fsp3) is 0. The maximum absolute atomic E-state index is 11.3. The number of aliphatic imine (C=N–C) groups is 1. The SMILES string of the molecule is O=[N+]([O-])c1cc([N+](=O)[O-])c(C=Nc2ccc(Oc3ccccc3)cc2)c([N+](=O)[O-])c1. The summed E-state index contributed by atoms with van der Waals surface area (Å²) in [7, 11) is 0. The molecule has 0 aliphatic rings. The third-order valence-electron chi connectivity index (χ3n) is 3.88. The van der Waals surface area contributed by atoms with Crippen LogP contribution in [-0.4, -0.2) is 21.0 Å². The van der Waals surface area contributed by atoms with Crippen molar-refractivity contribution in [2.45, 2.75) is 0 Å². The number of ether oxygens (including phenoxy) is 1. The van der Waals surface area contributed by atoms with Gasteiger partial charge in [-0.05, 0) is 36.4 Å². The van der Waals surface area contributed by atoms with Crippen LogP contribution in [0.1, 0.15) is 5.56 Å². The van der Waals surface area contributed by atoms with Gasteiger partial charge in [0.15, 0.2) is 0 Å². The summed E-state index contributed by atoms with van der Waals surface area (Å²) in [5, 5.41) is 33.5. The lowest BCUT2D eigenvalue weighted by atomic mass is 10.1. The first-order valence-electron chi connectivity index (χ1n) is 8.33. The molecule has 3 rings (SSSR count). The number of rotatable bonds is 7. The third kappa shape index (κ3) is 4.59. The second-order valence-corrected chi connectivity index (χ2v) is 5.84. The summed E-state index contributed by atoms with van der Waals surface area (Å²) in [5.41, 5.74) is -2.43. The summed E-state index contributed by atoms with van der Waals surface area (Å²) in [5.74, 6) is 1.15. The fourth-order valence-electron chi connectivity index (χ4n) is 2.51. The minimum atomic E-state index is -0.938. The number of benzene rings is 3. The van der Waals surface area contributed by atoms with Gasteiger partial charge < -0.3 is 4.74 Å². The number of hydrogen-bond acceptors (Lipinski definition) is 8. The van der Waals surface area contributed by atoms with E-state index in [0.29, 0.717) is 29.3 Å². The molecule has 11 heteroatoms. The van der Waals surface area contributed by atoms with E-state index in [1.54, 1.807) is 36.4 Å². The monoisotopic (exact) mass is 408 g/mol. The van der Waals surface area contributed by atoms with Gasteiger partial charge in [0.05, 0.1) is 32.6 Å². The zero-order chi connectivity index (χ0) is 21.7. The average molecular weight is 408 g/mol. The Morgan fingerprint density at radius 2 is 1.27 bits per heavy atom. The van der Waals surface area contributed by atoms with Gasteiger partial charge in [-0.3, -0.25) is 35.3 Å². The number of hydrogen-bond donors (Lipinski definition) is 0. The Morgan fingerprint density at radius 3 is 1.77 bits per heavy atom. The maximum Gasteiger partial charge on any atom is 0.291 e. The first-order valence-corrected chi connectivity index (χ1v) is 8.33. The van der Waals surface area contributed by atoms with Crippen molar-refractivity contribution in [1.29, 1.82) is 0 Å². The van der Waals surface area contributed by atoms with Crippen LogP contribution in [0.15, 0.2) is 71.7 Å². The molecule has 0 saturated heterocycles. The summed E-state index contributed by atoms with van der Waals surface area (Å²) >= 11 is 0. The third-order valence-corrected chi connectivity index (χ3v) is 3.88. The molecule has 11 nitrogen and oxygen atoms in total. The number of nitro benzene ring substituents is 3. The van der Waals surface area contributed by atoms with Gasteiger partial charge in [0.25, 0.3) is 17.1 Å². The molecule has 0 unspecified atom stereocenters. The molecule has 0 bridgehead atoms. The number of para-hydroxylation sites is 1. The minimum Gasteiger partial charge on any atom is -0.457 e. The van der Waals surface area contributed by atoms with Crippen molar-refractivity contribution >= 4 is 29.0 Å². The zero-order valence-electron chi connectivity index (χ0n) is 15.1. The number of nitrogens with zero attached hydrogens (tertiary/aromatic N) is 4. The molecule has 0 aliphatic carbocycles. The predicted octanol–water partition coefficient (Wildman–Crippen LogP) is 4.95. The van der Waals surface area contributed by atoms with Gasteiger partial charge >= 0.3 is 0 Å². The van der Waals surface area contributed by atoms with Gasteiger partial charge in [-0.15, -0.1) is 0 Å². The molecule has 0 amide bonds. The van der Waals surface area contributed by atoms with E-state index in [1.165, 1.54) is 0 Å². The van der Waals surface area contributed by atoms with Crippen molar-refractivity contribution in [3.8, 4) is 11.5 Å². The molecule has 30 heavy (non-hydrogen) atoms. The molecule has 0 heterocycles. The maximum atomic E-state index is 11.3. The van der Waals surface area contributed by atoms with Crippen LogP contribution in [0.5, 0.6) is 11.5 Å². The van der Waals surface area contributed by atoms with Gasteiger partial charge in [-0.1, -0.05) is 18.2 Å². The molecule has 0 aliphatic heterocycles. The fourth-order valence-corrected chi connectivity index (χ4v) is 2.51. The van der Waals surface area contributed by atoms with E-state index >= 15 is 0 Å². The number of nitro groups is 3. The van der Waals surface area contributed by atoms with Gasteiger partial charge in [0.2, 0.25) is 0 Å². The summed E-state index contributed by atoms with van der Waals surface area (Å²) in [4.78, 5) is 34.7. The van der Waals surface area contributed by atoms with Crippen LogP contribution >= 0.6 is 0 Å². The Balaban J connectivity index is 1.92. The Kier molecular flexibility index (Phi) is 5.73. The van der Waals surface area contributed by atoms with Crippen molar-refractivity contribution in [3.63, 3.8) is 0 Å². The van der Waals surface area contributed by atoms with Crippen molar-refractivity contribution in [1.82, 2.24) is 0 Å². The highest BCUT2D eigenvalue weighted by molar-refractivity contribution is 5.93. The Labute approximate surface area is 168 Å². The Morgan fingerprint density at radius 1 is 0.733 bits per heavy atom. The van der Waals surface area contributed by atoms with Crippen LogP contribution in [0.3, 0.4) is 0 Å². The minimum absolute atomic E-state index is 0.345. The molecular weight excluding hydrogens is 396 g/mol. The molecule has 150 valence electrons. The average Bonchev–Trinajstić information content (AvgIpc) is 2.73. The molecule has 0 saturated carbocycles. The largest absolute Gasteiger partial charge is 0.457 e. The van der Waals surface area contributed by atoms with Crippen LogP contribution in [0.25, 0.3) is 0 Å². The molecule has 0 fully saturated rings. The molecule has 0 N–H and O–H groups in total. The van der Waals surface area contributed by atoms with Crippen LogP contribution < -0.4 is 4.74 Å². The van der Waals surface area contributed by atoms with Gasteiger partial charge in [0.1, 0.15) is 17.1 Å². The highest BCUT2D eigenvalue weighted by Crippen LogP contribution is 2.33. The van der Waals surface area contributed by atoms with E-state index in [-0.39, 0.29) is 0 Å². The van der Waals surface area contributed by atoms with Gasteiger partial charge in [-0.2, -0.15) is 0 Å². The van der Waals surface area contributed by atoms with Crippen LogP contribution in [0.4, 0.5) is 22.7 Å². The van der Waals surface area contributed by atoms with E-state index < -0.39 is 37.4 Å². The second-order valence-electron chi connectivity index (χ2n) is 5.84. The van der Waals surface area contributed by atoms with Crippen molar-refractivity contribution < 1.29 is 19.5 Å². The van der Waals surface area contributed by atoms with Gasteiger partial charge in [-0.25, -0.2) is 0 Å². The first-order chi connectivity index (χ1) is 14.3. The smallest absolute Gasteiger partial charge is 0.291 e. The van der Waals surface area contributed by atoms with Crippen LogP contribution in [0.2, 0.25) is 0 Å². The van der Waals surface area contributed by atoms with E-state index in [4.69, 9.17) is 4.74 Å². The first kappa shape index (κ1) is 20.1. The molecule has 0 spiro atoms. The van der Waals surface area contributed by atoms with E-state index in [1.807, 2.05) is 18.2 Å². The standard InChI is InChI=1S/C19H12N4O7/c24-21(25)14-10-18(22(26)27)17(19(11-14)23(28)29)12-20-13-6-8-16(9-7-13)30-15-4-2-1-3-5-15/h1-12H. The summed E-state index contributed by atoms with van der Waals surface area (Å²) in [6.45, 7) is 0. The normalized spacial score (nSPS) is 10.7. The molecule has 3 aromatic rings. The summed E-state index contributed by atoms with van der Waals surface area (Å²) in [6, 6.07) is 16.7. The van der Waals surface area contributed by atoms with Crippen LogP contribution in [-0.2, 0) is 0 Å². The molecule has 3 aromatic carbocycles. The second kappa shape index (κ2) is 8.56. The van der Waals surface area contributed by atoms with Crippen molar-refractivity contribution in [3.05, 3.63) is 103 Å². The van der Waals surface area contributed by atoms with E-state index in [9.17, 15) is 30.3 Å². The topological polar surface area (TPSA) is 151 Å². The highest BCUT2D eigenvalue weighted by Gasteiger charge is 2.29. The Hall–Kier alpha value is -4.67. The quantitative estimate of drug-likeness (QED) is 0.304. The number of non-ortho nitro benzene ring substituents is 1. The molecule has 0 atom stereocenters. The highest BCUT2D eigenvalue weighted by atomic mass is 16.6. The molecule has 0 aromatic heterocycles. The Bertz CT molecular complexity index is 1110. The lowest BCUT2D eigenvalue weighted by Gasteiger charge is -2.05. The summed E-state index contributed by atoms with van der Waals surface area (Å²) in [6.07, 6.45) is 0.938. The van der Waals surface area contributed by atoms with Crippen LogP contribution in [0, 0.1) is 30.3 Å². The van der Waals surface area contributed by atoms with Crippen molar-refractivity contribution in [2.75, 3.05) is 0 Å². The van der Waals surface area contributed by atoms with Gasteiger partial charge in [0, 0.05) is 6.21 Å². The van der Waals surface area contributed by atoms with Crippen molar-refractivity contribution in [2.24, 2.45) is 4.99 Å². The predicted molar refractivity (Wildman–Crippen MR) is 107 cm³/mol. The molecule has 0 radical (unpaired) electrons. The lowest BCUT2D eigenvalue weighted by Crippen LogP contribution is -2.02. The molecular formula is C19H12N4O7. The summed E-state index contributed by atoms with van der Waals surface area (Å²) < 4.78 is 5.64. The van der Waals surface area contributed by atoms with E-state index in [0.717, 1.165) is 6.21 Å². The lowest BCUT2D eigenvalue weighted by molar-refractivity contribution is -0.403. The zero-order valence-corrected chi connectivity index (χ0v) is 15.1. The van der Waals surface area contributed by atoms with E-state index in [2.05, 4.69) is 4.99 Å².